The predicted molar refractivity (Wildman–Crippen MR) is 88.0 cm³/mol. The Morgan fingerprint density at radius 1 is 1.04 bits per heavy atom. The Hall–Kier alpha value is -3.21. The van der Waals surface area contributed by atoms with Gasteiger partial charge < -0.3 is 9.15 Å². The Kier molecular flexibility index (Phi) is 4.52. The summed E-state index contributed by atoms with van der Waals surface area (Å²) in [6, 6.07) is 15.9. The smallest absolute Gasteiger partial charge is 0.365 e. The van der Waals surface area contributed by atoms with Gasteiger partial charge in [-0.1, -0.05) is 37.3 Å². The topological polar surface area (TPSA) is 69.4 Å². The summed E-state index contributed by atoms with van der Waals surface area (Å²) in [5.74, 6) is -0.208. The molecule has 1 heterocycles. The maximum atomic E-state index is 12.3. The minimum atomic E-state index is -0.669. The summed E-state index contributed by atoms with van der Waals surface area (Å²) in [5.41, 5.74) is 1.19. The maximum Gasteiger partial charge on any atom is 0.365 e. The molecule has 0 bridgehead atoms. The molecule has 0 aliphatic rings. The van der Waals surface area contributed by atoms with E-state index in [1.54, 1.807) is 31.2 Å². The molecular formula is C19H15NO4. The summed E-state index contributed by atoms with van der Waals surface area (Å²) in [4.78, 5) is 28.3. The molecule has 5 nitrogen and oxygen atoms in total. The SMILES string of the molecule is CCC(=O)c1ccccc1OC(=O)c1coc(-c2ccccc2)n1. The van der Waals surface area contributed by atoms with Gasteiger partial charge in [0.2, 0.25) is 5.89 Å². The number of ketones is 1. The van der Waals surface area contributed by atoms with Crippen molar-refractivity contribution in [3.05, 3.63) is 72.1 Å². The molecule has 3 aromatic rings. The summed E-state index contributed by atoms with van der Waals surface area (Å²) in [5, 5.41) is 0. The Balaban J connectivity index is 1.82. The highest BCUT2D eigenvalue weighted by Gasteiger charge is 2.18. The van der Waals surface area contributed by atoms with E-state index < -0.39 is 5.97 Å². The lowest BCUT2D eigenvalue weighted by Crippen LogP contribution is -2.11. The van der Waals surface area contributed by atoms with Gasteiger partial charge in [0.1, 0.15) is 12.0 Å². The van der Waals surface area contributed by atoms with Gasteiger partial charge in [0, 0.05) is 12.0 Å². The molecule has 0 saturated carbocycles. The number of Topliss-reactive ketones (excluding diaryl/α,β-unsaturated/α-hetero) is 1. The van der Waals surface area contributed by atoms with Gasteiger partial charge in [-0.2, -0.15) is 0 Å². The van der Waals surface area contributed by atoms with Gasteiger partial charge in [-0.3, -0.25) is 4.79 Å². The highest BCUT2D eigenvalue weighted by molar-refractivity contribution is 6.00. The first-order valence-electron chi connectivity index (χ1n) is 7.54. The van der Waals surface area contributed by atoms with Crippen molar-refractivity contribution in [1.29, 1.82) is 0 Å². The number of para-hydroxylation sites is 1. The average molecular weight is 321 g/mol. The fraction of sp³-hybridized carbons (Fsp3) is 0.105. The van der Waals surface area contributed by atoms with E-state index in [2.05, 4.69) is 4.98 Å². The fourth-order valence-corrected chi connectivity index (χ4v) is 2.21. The molecular weight excluding hydrogens is 306 g/mol. The van der Waals surface area contributed by atoms with Crippen LogP contribution in [0.4, 0.5) is 0 Å². The van der Waals surface area contributed by atoms with Gasteiger partial charge in [-0.25, -0.2) is 9.78 Å². The van der Waals surface area contributed by atoms with Crippen LogP contribution in [0.3, 0.4) is 0 Å². The van der Waals surface area contributed by atoms with Crippen molar-refractivity contribution in [2.45, 2.75) is 13.3 Å². The summed E-state index contributed by atoms with van der Waals surface area (Å²) in [6.07, 6.45) is 1.58. The highest BCUT2D eigenvalue weighted by Crippen LogP contribution is 2.22. The molecule has 0 N–H and O–H groups in total. The molecule has 0 aliphatic heterocycles. The Morgan fingerprint density at radius 3 is 2.50 bits per heavy atom. The molecule has 0 radical (unpaired) electrons. The van der Waals surface area contributed by atoms with Crippen LogP contribution in [0, 0.1) is 0 Å². The standard InChI is InChI=1S/C19H15NO4/c1-2-16(21)14-10-6-7-11-17(14)24-19(22)15-12-23-18(20-15)13-8-4-3-5-9-13/h3-12H,2H2,1H3. The summed E-state index contributed by atoms with van der Waals surface area (Å²) in [6.45, 7) is 1.75. The molecule has 0 unspecified atom stereocenters. The number of ether oxygens (including phenoxy) is 1. The first-order chi connectivity index (χ1) is 11.7. The van der Waals surface area contributed by atoms with Crippen molar-refractivity contribution in [3.63, 3.8) is 0 Å². The number of hydrogen-bond donors (Lipinski definition) is 0. The number of nitrogens with zero attached hydrogens (tertiary/aromatic N) is 1. The van der Waals surface area contributed by atoms with Crippen molar-refractivity contribution in [3.8, 4) is 17.2 Å². The van der Waals surface area contributed by atoms with E-state index in [1.807, 2.05) is 30.3 Å². The second-order valence-electron chi connectivity index (χ2n) is 5.07. The molecule has 0 atom stereocenters. The zero-order valence-electron chi connectivity index (χ0n) is 13.1. The molecule has 0 saturated heterocycles. The fourth-order valence-electron chi connectivity index (χ4n) is 2.21. The van der Waals surface area contributed by atoms with Crippen molar-refractivity contribution >= 4 is 11.8 Å². The lowest BCUT2D eigenvalue weighted by atomic mass is 10.1. The van der Waals surface area contributed by atoms with Gasteiger partial charge in [0.05, 0.1) is 5.56 Å². The van der Waals surface area contributed by atoms with E-state index in [-0.39, 0.29) is 17.2 Å². The van der Waals surface area contributed by atoms with E-state index in [1.165, 1.54) is 6.26 Å². The van der Waals surface area contributed by atoms with Gasteiger partial charge in [-0.15, -0.1) is 0 Å². The van der Waals surface area contributed by atoms with Crippen LogP contribution < -0.4 is 4.74 Å². The number of rotatable bonds is 5. The first kappa shape index (κ1) is 15.7. The van der Waals surface area contributed by atoms with Crippen LogP contribution in [0.2, 0.25) is 0 Å². The summed E-state index contributed by atoms with van der Waals surface area (Å²) < 4.78 is 10.7. The van der Waals surface area contributed by atoms with Gasteiger partial charge >= 0.3 is 5.97 Å². The van der Waals surface area contributed by atoms with Gasteiger partial charge in [-0.05, 0) is 24.3 Å². The maximum absolute atomic E-state index is 12.3. The number of carbonyl (C=O) groups excluding carboxylic acids is 2. The van der Waals surface area contributed by atoms with Crippen LogP contribution >= 0.6 is 0 Å². The molecule has 0 fully saturated rings. The normalized spacial score (nSPS) is 10.4. The van der Waals surface area contributed by atoms with Crippen molar-refractivity contribution in [2.75, 3.05) is 0 Å². The third-order valence-corrected chi connectivity index (χ3v) is 3.45. The van der Waals surface area contributed by atoms with E-state index in [0.29, 0.717) is 17.9 Å². The number of oxazole rings is 1. The molecule has 120 valence electrons. The molecule has 1 aromatic heterocycles. The molecule has 0 spiro atoms. The first-order valence-corrected chi connectivity index (χ1v) is 7.54. The van der Waals surface area contributed by atoms with Crippen LogP contribution in [0.15, 0.2) is 65.3 Å². The van der Waals surface area contributed by atoms with Crippen molar-refractivity contribution < 1.29 is 18.7 Å². The summed E-state index contributed by atoms with van der Waals surface area (Å²) >= 11 is 0. The van der Waals surface area contributed by atoms with Crippen molar-refractivity contribution in [1.82, 2.24) is 4.98 Å². The van der Waals surface area contributed by atoms with Crippen molar-refractivity contribution in [2.24, 2.45) is 0 Å². The van der Waals surface area contributed by atoms with Gasteiger partial charge in [0.15, 0.2) is 11.5 Å². The second-order valence-corrected chi connectivity index (χ2v) is 5.07. The molecule has 0 amide bonds. The van der Waals surface area contributed by atoms with Crippen LogP contribution in [0.25, 0.3) is 11.5 Å². The third kappa shape index (κ3) is 3.25. The van der Waals surface area contributed by atoms with E-state index >= 15 is 0 Å². The summed E-state index contributed by atoms with van der Waals surface area (Å²) in [7, 11) is 0. The minimum absolute atomic E-state index is 0.0487. The molecule has 5 heteroatoms. The average Bonchev–Trinajstić information content (AvgIpc) is 3.12. The Bertz CT molecular complexity index is 868. The zero-order chi connectivity index (χ0) is 16.9. The van der Waals surface area contributed by atoms with Crippen LogP contribution in [-0.2, 0) is 0 Å². The number of aromatic nitrogens is 1. The Labute approximate surface area is 138 Å². The van der Waals surface area contributed by atoms with E-state index in [0.717, 1.165) is 5.56 Å². The second kappa shape index (κ2) is 6.91. The predicted octanol–water partition coefficient (Wildman–Crippen LogP) is 4.15. The lowest BCUT2D eigenvalue weighted by molar-refractivity contribution is 0.0726. The number of benzene rings is 2. The Morgan fingerprint density at radius 2 is 1.75 bits per heavy atom. The molecule has 2 aromatic carbocycles. The minimum Gasteiger partial charge on any atom is -0.444 e. The largest absolute Gasteiger partial charge is 0.444 e. The van der Waals surface area contributed by atoms with Crippen LogP contribution in [0.5, 0.6) is 5.75 Å². The highest BCUT2D eigenvalue weighted by atomic mass is 16.5. The third-order valence-electron chi connectivity index (χ3n) is 3.45. The van der Waals surface area contributed by atoms with E-state index in [4.69, 9.17) is 9.15 Å². The van der Waals surface area contributed by atoms with E-state index in [9.17, 15) is 9.59 Å². The van der Waals surface area contributed by atoms with Crippen LogP contribution in [-0.4, -0.2) is 16.7 Å². The zero-order valence-corrected chi connectivity index (χ0v) is 13.1. The molecule has 24 heavy (non-hydrogen) atoms. The number of hydrogen-bond acceptors (Lipinski definition) is 5. The quantitative estimate of drug-likeness (QED) is 0.401. The molecule has 0 aliphatic carbocycles. The molecule has 3 rings (SSSR count). The number of esters is 1. The lowest BCUT2D eigenvalue weighted by Gasteiger charge is -2.07. The number of carbonyl (C=O) groups is 2. The van der Waals surface area contributed by atoms with Crippen LogP contribution in [0.1, 0.15) is 34.2 Å². The van der Waals surface area contributed by atoms with Gasteiger partial charge in [0.25, 0.3) is 0 Å². The monoisotopic (exact) mass is 321 g/mol.